The van der Waals surface area contributed by atoms with Crippen LogP contribution in [0.5, 0.6) is 5.75 Å². The van der Waals surface area contributed by atoms with Gasteiger partial charge in [0.2, 0.25) is 5.91 Å². The molecule has 2 aromatic rings. The Bertz CT molecular complexity index is 976. The maximum absolute atomic E-state index is 13.1. The number of ether oxygens (including phenoxy) is 1. The number of rotatable bonds is 6. The molecular formula is C27H33Cl2NO2. The van der Waals surface area contributed by atoms with Crippen molar-refractivity contribution in [3.05, 3.63) is 63.6 Å². The van der Waals surface area contributed by atoms with Crippen molar-refractivity contribution in [1.82, 2.24) is 5.32 Å². The van der Waals surface area contributed by atoms with Gasteiger partial charge >= 0.3 is 0 Å². The fourth-order valence-electron chi connectivity index (χ4n) is 6.09. The SMILES string of the molecule is CC[C@@H](C)Oc1ccc([C@@H]2CC[C@@]3(CC)C(=O)N[C@H](C)[C@H]3[C@@H]2c2ccc(Cl)cc2)c(Cl)c1. The van der Waals surface area contributed by atoms with E-state index in [2.05, 4.69) is 51.2 Å². The van der Waals surface area contributed by atoms with Gasteiger partial charge in [0.15, 0.2) is 0 Å². The molecule has 3 nitrogen and oxygen atoms in total. The summed E-state index contributed by atoms with van der Waals surface area (Å²) in [6.45, 7) is 8.47. The van der Waals surface area contributed by atoms with Crippen LogP contribution in [-0.4, -0.2) is 18.1 Å². The molecule has 0 unspecified atom stereocenters. The first-order valence-corrected chi connectivity index (χ1v) is 12.6. The van der Waals surface area contributed by atoms with Gasteiger partial charge < -0.3 is 10.1 Å². The summed E-state index contributed by atoms with van der Waals surface area (Å²) in [5.41, 5.74) is 2.03. The van der Waals surface area contributed by atoms with Crippen LogP contribution in [0.3, 0.4) is 0 Å². The Labute approximate surface area is 201 Å². The van der Waals surface area contributed by atoms with Gasteiger partial charge in [-0.1, -0.05) is 55.2 Å². The van der Waals surface area contributed by atoms with Crippen molar-refractivity contribution in [3.8, 4) is 5.75 Å². The van der Waals surface area contributed by atoms with E-state index in [-0.39, 0.29) is 41.2 Å². The molecule has 2 fully saturated rings. The van der Waals surface area contributed by atoms with E-state index in [0.29, 0.717) is 0 Å². The van der Waals surface area contributed by atoms with Crippen molar-refractivity contribution in [1.29, 1.82) is 0 Å². The molecule has 0 spiro atoms. The average Bonchev–Trinajstić information content (AvgIpc) is 3.04. The van der Waals surface area contributed by atoms with Crippen molar-refractivity contribution in [2.24, 2.45) is 11.3 Å². The summed E-state index contributed by atoms with van der Waals surface area (Å²) in [5, 5.41) is 4.73. The van der Waals surface area contributed by atoms with Crippen LogP contribution in [0.1, 0.15) is 76.3 Å². The summed E-state index contributed by atoms with van der Waals surface area (Å²) in [6, 6.07) is 14.4. The lowest BCUT2D eigenvalue weighted by Gasteiger charge is -2.47. The topological polar surface area (TPSA) is 38.3 Å². The number of carbonyl (C=O) groups is 1. The Morgan fingerprint density at radius 2 is 1.88 bits per heavy atom. The van der Waals surface area contributed by atoms with Gasteiger partial charge in [0.1, 0.15) is 5.75 Å². The molecule has 32 heavy (non-hydrogen) atoms. The largest absolute Gasteiger partial charge is 0.491 e. The molecule has 5 heteroatoms. The number of carbonyl (C=O) groups excluding carboxylic acids is 1. The van der Waals surface area contributed by atoms with E-state index in [0.717, 1.165) is 47.0 Å². The molecule has 1 aliphatic heterocycles. The Hall–Kier alpha value is -1.71. The summed E-state index contributed by atoms with van der Waals surface area (Å²) in [5.74, 6) is 1.61. The third-order valence-electron chi connectivity index (χ3n) is 7.88. The summed E-state index contributed by atoms with van der Waals surface area (Å²) in [7, 11) is 0. The monoisotopic (exact) mass is 473 g/mol. The molecule has 6 atom stereocenters. The van der Waals surface area contributed by atoms with Gasteiger partial charge in [-0.05, 0) is 86.8 Å². The van der Waals surface area contributed by atoms with Crippen molar-refractivity contribution in [3.63, 3.8) is 0 Å². The first-order valence-electron chi connectivity index (χ1n) is 11.8. The average molecular weight is 474 g/mol. The van der Waals surface area contributed by atoms with Crippen molar-refractivity contribution >= 4 is 29.1 Å². The Balaban J connectivity index is 1.78. The second kappa shape index (κ2) is 9.27. The van der Waals surface area contributed by atoms with Gasteiger partial charge in [-0.3, -0.25) is 4.79 Å². The Morgan fingerprint density at radius 1 is 1.16 bits per heavy atom. The van der Waals surface area contributed by atoms with Crippen LogP contribution in [-0.2, 0) is 4.79 Å². The second-order valence-electron chi connectivity index (χ2n) is 9.54. The van der Waals surface area contributed by atoms with Crippen molar-refractivity contribution in [2.75, 3.05) is 0 Å². The molecule has 1 aliphatic carbocycles. The van der Waals surface area contributed by atoms with E-state index in [4.69, 9.17) is 27.9 Å². The summed E-state index contributed by atoms with van der Waals surface area (Å²) < 4.78 is 5.99. The van der Waals surface area contributed by atoms with Gasteiger partial charge in [-0.25, -0.2) is 0 Å². The minimum atomic E-state index is -0.327. The van der Waals surface area contributed by atoms with E-state index in [1.807, 2.05) is 24.3 Å². The molecule has 1 amide bonds. The van der Waals surface area contributed by atoms with Crippen molar-refractivity contribution < 1.29 is 9.53 Å². The molecule has 1 saturated carbocycles. The lowest BCUT2D eigenvalue weighted by Crippen LogP contribution is -2.43. The number of hydrogen-bond acceptors (Lipinski definition) is 2. The number of halogens is 2. The first kappa shape index (κ1) is 23.4. The molecule has 1 N–H and O–H groups in total. The van der Waals surface area contributed by atoms with E-state index in [1.165, 1.54) is 5.56 Å². The van der Waals surface area contributed by atoms with Crippen molar-refractivity contribution in [2.45, 2.75) is 77.4 Å². The fourth-order valence-corrected chi connectivity index (χ4v) is 6.53. The molecule has 1 saturated heterocycles. The third-order valence-corrected chi connectivity index (χ3v) is 8.46. The predicted octanol–water partition coefficient (Wildman–Crippen LogP) is 7.36. The molecule has 0 bridgehead atoms. The van der Waals surface area contributed by atoms with E-state index in [9.17, 15) is 4.79 Å². The number of amides is 1. The molecule has 4 rings (SSSR count). The molecular weight excluding hydrogens is 441 g/mol. The van der Waals surface area contributed by atoms with Crippen LogP contribution in [0, 0.1) is 11.3 Å². The van der Waals surface area contributed by atoms with Gasteiger partial charge in [0.05, 0.1) is 11.5 Å². The predicted molar refractivity (Wildman–Crippen MR) is 132 cm³/mol. The normalized spacial score (nSPS) is 30.5. The lowest BCUT2D eigenvalue weighted by molar-refractivity contribution is -0.131. The first-order chi connectivity index (χ1) is 15.3. The minimum absolute atomic E-state index is 0.109. The van der Waals surface area contributed by atoms with Crippen LogP contribution in [0.25, 0.3) is 0 Å². The molecule has 172 valence electrons. The lowest BCUT2D eigenvalue weighted by atomic mass is 9.54. The third kappa shape index (κ3) is 4.03. The molecule has 2 aromatic carbocycles. The van der Waals surface area contributed by atoms with Gasteiger partial charge in [0, 0.05) is 22.0 Å². The molecule has 1 heterocycles. The fraction of sp³-hybridized carbons (Fsp3) is 0.519. The van der Waals surface area contributed by atoms with Crippen LogP contribution in [0.2, 0.25) is 10.0 Å². The zero-order valence-electron chi connectivity index (χ0n) is 19.3. The number of benzene rings is 2. The van der Waals surface area contributed by atoms with Crippen LogP contribution in [0.15, 0.2) is 42.5 Å². The highest BCUT2D eigenvalue weighted by Gasteiger charge is 2.59. The quantitative estimate of drug-likeness (QED) is 0.475. The van der Waals surface area contributed by atoms with Gasteiger partial charge in [-0.15, -0.1) is 0 Å². The van der Waals surface area contributed by atoms with Gasteiger partial charge in [0.25, 0.3) is 0 Å². The summed E-state index contributed by atoms with van der Waals surface area (Å²) in [4.78, 5) is 13.1. The number of fused-ring (bicyclic) bond motifs is 1. The number of nitrogens with one attached hydrogen (secondary N) is 1. The van der Waals surface area contributed by atoms with E-state index < -0.39 is 0 Å². The Kier molecular flexibility index (Phi) is 6.79. The Morgan fingerprint density at radius 3 is 2.50 bits per heavy atom. The van der Waals surface area contributed by atoms with E-state index >= 15 is 0 Å². The van der Waals surface area contributed by atoms with Crippen LogP contribution in [0.4, 0.5) is 0 Å². The highest BCUT2D eigenvalue weighted by molar-refractivity contribution is 6.31. The van der Waals surface area contributed by atoms with Gasteiger partial charge in [-0.2, -0.15) is 0 Å². The summed E-state index contributed by atoms with van der Waals surface area (Å²) in [6.07, 6.45) is 3.74. The number of hydrogen-bond donors (Lipinski definition) is 1. The second-order valence-corrected chi connectivity index (χ2v) is 10.4. The maximum atomic E-state index is 13.1. The van der Waals surface area contributed by atoms with Crippen LogP contribution >= 0.6 is 23.2 Å². The standard InChI is InChI=1S/C27H33Cl2NO2/c1-5-16(3)32-20-11-12-21(23(29)15-20)22-13-14-27(6-2)25(17(4)30-26(27)31)24(22)18-7-9-19(28)10-8-18/h7-12,15-17,22,24-25H,5-6,13-14H2,1-4H3,(H,30,31)/t16-,17-,22+,24-,25+,27-/m1/s1. The smallest absolute Gasteiger partial charge is 0.226 e. The van der Waals surface area contributed by atoms with E-state index in [1.54, 1.807) is 0 Å². The molecule has 2 aliphatic rings. The highest BCUT2D eigenvalue weighted by atomic mass is 35.5. The summed E-state index contributed by atoms with van der Waals surface area (Å²) >= 11 is 13.1. The zero-order chi connectivity index (χ0) is 23.0. The minimum Gasteiger partial charge on any atom is -0.491 e. The molecule has 0 radical (unpaired) electrons. The maximum Gasteiger partial charge on any atom is 0.226 e. The molecule has 0 aromatic heterocycles. The van der Waals surface area contributed by atoms with Crippen LogP contribution < -0.4 is 10.1 Å². The zero-order valence-corrected chi connectivity index (χ0v) is 20.8. The highest BCUT2D eigenvalue weighted by Crippen LogP contribution is 2.60.